The molecule has 2 atom stereocenters. The molecule has 1 nitrogen and oxygen atoms in total. The fraction of sp³-hybridized carbons (Fsp3) is 0.600. The quantitative estimate of drug-likeness (QED) is 0.595. The van der Waals surface area contributed by atoms with Crippen molar-refractivity contribution in [1.82, 2.24) is 0 Å². The van der Waals surface area contributed by atoms with Gasteiger partial charge in [0.05, 0.1) is 6.04 Å². The Hall–Kier alpha value is -0.900. The van der Waals surface area contributed by atoms with Gasteiger partial charge in [0.1, 0.15) is 4.87 Å². The lowest BCUT2D eigenvalue weighted by Gasteiger charge is -2.45. The number of nitrogens with two attached hydrogens (primary N) is 1. The number of alkyl halides is 10. The van der Waals surface area contributed by atoms with Gasteiger partial charge in [0.2, 0.25) is 0 Å². The summed E-state index contributed by atoms with van der Waals surface area (Å²) in [7, 11) is 0. The van der Waals surface area contributed by atoms with E-state index in [4.69, 9.17) is 17.3 Å². The molecule has 21 heavy (non-hydrogen) atoms. The molecule has 0 bridgehead atoms. The van der Waals surface area contributed by atoms with Crippen molar-refractivity contribution in [3.63, 3.8) is 0 Å². The van der Waals surface area contributed by atoms with Crippen molar-refractivity contribution in [3.05, 3.63) is 23.8 Å². The summed E-state index contributed by atoms with van der Waals surface area (Å²) in [5.41, 5.74) is -2.37. The number of halogens is 10. The minimum Gasteiger partial charge on any atom is -0.322 e. The molecule has 1 aliphatic rings. The summed E-state index contributed by atoms with van der Waals surface area (Å²) in [6.45, 7) is 0. The first-order valence-corrected chi connectivity index (χ1v) is 5.52. The lowest BCUT2D eigenvalue weighted by Crippen LogP contribution is -2.71. The Morgan fingerprint density at radius 1 is 1.05 bits per heavy atom. The molecule has 1 aliphatic carbocycles. The third kappa shape index (κ3) is 2.52. The van der Waals surface area contributed by atoms with Gasteiger partial charge < -0.3 is 5.73 Å². The Balaban J connectivity index is 3.53. The zero-order valence-corrected chi connectivity index (χ0v) is 10.5. The average Bonchev–Trinajstić information content (AvgIpc) is 2.28. The molecular weight excluding hydrogens is 341 g/mol. The fourth-order valence-electron chi connectivity index (χ4n) is 1.88. The maximum absolute atomic E-state index is 14.0. The predicted molar refractivity (Wildman–Crippen MR) is 55.7 cm³/mol. The second-order valence-electron chi connectivity index (χ2n) is 4.23. The predicted octanol–water partition coefficient (Wildman–Crippen LogP) is 3.89. The van der Waals surface area contributed by atoms with E-state index in [2.05, 4.69) is 0 Å². The maximum atomic E-state index is 14.0. The van der Waals surface area contributed by atoms with Crippen LogP contribution in [0.25, 0.3) is 0 Å². The van der Waals surface area contributed by atoms with Crippen molar-refractivity contribution >= 4 is 11.6 Å². The van der Waals surface area contributed by atoms with Gasteiger partial charge in [-0.2, -0.15) is 26.3 Å². The molecule has 0 saturated heterocycles. The van der Waals surface area contributed by atoms with Crippen molar-refractivity contribution in [2.24, 2.45) is 5.73 Å². The van der Waals surface area contributed by atoms with Crippen LogP contribution in [0.2, 0.25) is 0 Å². The van der Waals surface area contributed by atoms with Gasteiger partial charge in [-0.15, -0.1) is 11.6 Å². The lowest BCUT2D eigenvalue weighted by molar-refractivity contribution is -0.349. The number of rotatable bonds is 2. The van der Waals surface area contributed by atoms with Gasteiger partial charge in [-0.25, -0.2) is 13.2 Å². The van der Waals surface area contributed by atoms with Crippen LogP contribution < -0.4 is 5.73 Å². The summed E-state index contributed by atoms with van der Waals surface area (Å²) >= 11 is 5.14. The molecule has 0 aliphatic heterocycles. The van der Waals surface area contributed by atoms with Crippen LogP contribution in [0.1, 0.15) is 0 Å². The molecule has 0 aromatic heterocycles. The van der Waals surface area contributed by atoms with E-state index < -0.39 is 40.9 Å². The van der Waals surface area contributed by atoms with Crippen molar-refractivity contribution in [3.8, 4) is 0 Å². The molecule has 0 fully saturated rings. The summed E-state index contributed by atoms with van der Waals surface area (Å²) in [4.78, 5) is -3.98. The zero-order chi connectivity index (χ0) is 16.9. The third-order valence-electron chi connectivity index (χ3n) is 3.00. The lowest BCUT2D eigenvalue weighted by atomic mass is 9.76. The van der Waals surface area contributed by atoms with Crippen LogP contribution in [0.15, 0.2) is 23.8 Å². The molecule has 122 valence electrons. The van der Waals surface area contributed by atoms with E-state index in [9.17, 15) is 39.5 Å². The normalized spacial score (nSPS) is 28.0. The highest BCUT2D eigenvalue weighted by atomic mass is 35.5. The van der Waals surface area contributed by atoms with Crippen LogP contribution in [-0.2, 0) is 0 Å². The molecule has 0 spiro atoms. The summed E-state index contributed by atoms with van der Waals surface area (Å²) in [6.07, 6.45) is -15.7. The highest BCUT2D eigenvalue weighted by Gasteiger charge is 2.82. The zero-order valence-electron chi connectivity index (χ0n) is 9.74. The third-order valence-corrected chi connectivity index (χ3v) is 3.62. The first-order chi connectivity index (χ1) is 9.20. The second kappa shape index (κ2) is 5.08. The Morgan fingerprint density at radius 2 is 1.48 bits per heavy atom. The van der Waals surface area contributed by atoms with E-state index in [0.29, 0.717) is 12.2 Å². The van der Waals surface area contributed by atoms with Crippen molar-refractivity contribution in [1.29, 1.82) is 0 Å². The largest absolute Gasteiger partial charge is 0.433 e. The summed E-state index contributed by atoms with van der Waals surface area (Å²) < 4.78 is 115. The Bertz CT molecular complexity index is 450. The number of hydrogen-bond donors (Lipinski definition) is 1. The highest BCUT2D eigenvalue weighted by molar-refractivity contribution is 6.27. The Kier molecular flexibility index (Phi) is 4.39. The van der Waals surface area contributed by atoms with E-state index in [1.54, 1.807) is 0 Å². The molecule has 11 heteroatoms. The van der Waals surface area contributed by atoms with E-state index in [0.717, 1.165) is 0 Å². The Morgan fingerprint density at radius 3 is 1.81 bits per heavy atom. The molecule has 0 saturated carbocycles. The molecule has 0 amide bonds. The molecular formula is C10H7ClF9N. The molecule has 1 rings (SSSR count). The topological polar surface area (TPSA) is 26.0 Å². The minimum atomic E-state index is -6.51. The van der Waals surface area contributed by atoms with Gasteiger partial charge >= 0.3 is 18.0 Å². The molecule has 0 aromatic carbocycles. The van der Waals surface area contributed by atoms with Gasteiger partial charge in [-0.05, 0) is 0 Å². The van der Waals surface area contributed by atoms with Crippen LogP contribution in [0.4, 0.5) is 39.5 Å². The first kappa shape index (κ1) is 18.1. The smallest absolute Gasteiger partial charge is 0.322 e. The van der Waals surface area contributed by atoms with Crippen molar-refractivity contribution < 1.29 is 39.5 Å². The van der Waals surface area contributed by atoms with E-state index in [1.807, 2.05) is 0 Å². The summed E-state index contributed by atoms with van der Waals surface area (Å²) in [5.74, 6) is 0. The van der Waals surface area contributed by atoms with Gasteiger partial charge in [0.25, 0.3) is 6.43 Å². The van der Waals surface area contributed by atoms with E-state index in [1.165, 1.54) is 0 Å². The van der Waals surface area contributed by atoms with Gasteiger partial charge in [0.15, 0.2) is 0 Å². The summed E-state index contributed by atoms with van der Waals surface area (Å²) in [6, 6.07) is -2.72. The number of allylic oxidation sites excluding steroid dienone is 2. The van der Waals surface area contributed by atoms with Gasteiger partial charge in [0, 0.05) is 5.57 Å². The Labute approximate surface area is 117 Å². The molecule has 0 heterocycles. The molecule has 0 radical (unpaired) electrons. The molecule has 2 N–H and O–H groups in total. The average molecular weight is 348 g/mol. The van der Waals surface area contributed by atoms with Crippen molar-refractivity contribution in [2.45, 2.75) is 35.4 Å². The minimum absolute atomic E-state index is 0.0217. The maximum Gasteiger partial charge on any atom is 0.433 e. The molecule has 2 unspecified atom stereocenters. The first-order valence-electron chi connectivity index (χ1n) is 5.14. The van der Waals surface area contributed by atoms with Crippen molar-refractivity contribution in [2.75, 3.05) is 0 Å². The van der Waals surface area contributed by atoms with Crippen LogP contribution in [0.5, 0.6) is 0 Å². The van der Waals surface area contributed by atoms with Crippen LogP contribution >= 0.6 is 11.6 Å². The molecule has 0 aromatic rings. The number of hydrogen-bond acceptors (Lipinski definition) is 1. The fourth-order valence-corrected chi connectivity index (χ4v) is 2.29. The van der Waals surface area contributed by atoms with E-state index in [-0.39, 0.29) is 6.08 Å². The standard InChI is InChI=1S/C10H7ClF9N/c11-7(3-1-2-4(5(7)21)6(12)13)8(14,9(15,16)17)10(18,19)20/h1-3,5-6H,21H2. The van der Waals surface area contributed by atoms with Gasteiger partial charge in [-0.3, -0.25) is 0 Å². The van der Waals surface area contributed by atoms with Gasteiger partial charge in [-0.1, -0.05) is 18.2 Å². The second-order valence-corrected chi connectivity index (χ2v) is 4.85. The highest BCUT2D eigenvalue weighted by Crippen LogP contribution is 2.57. The summed E-state index contributed by atoms with van der Waals surface area (Å²) in [5, 5.41) is 0. The SMILES string of the molecule is NC1C(C(F)F)=CC=CC1(Cl)C(F)(C(F)(F)F)C(F)(F)F. The van der Waals surface area contributed by atoms with Crippen LogP contribution in [0.3, 0.4) is 0 Å². The van der Waals surface area contributed by atoms with Crippen LogP contribution in [-0.4, -0.2) is 35.4 Å². The van der Waals surface area contributed by atoms with Crippen LogP contribution in [0, 0.1) is 0 Å². The monoisotopic (exact) mass is 347 g/mol. The van der Waals surface area contributed by atoms with E-state index >= 15 is 0 Å².